The summed E-state index contributed by atoms with van der Waals surface area (Å²) in [5, 5.41) is 0. The average molecular weight is 544 g/mol. The maximum Gasteiger partial charge on any atom is 0.279 e. The summed E-state index contributed by atoms with van der Waals surface area (Å²) in [6.07, 6.45) is 5.58. The Labute approximate surface area is 222 Å². The number of hydrogen-bond acceptors (Lipinski definition) is 6. The van der Waals surface area contributed by atoms with E-state index in [1.165, 1.54) is 39.9 Å². The predicted molar refractivity (Wildman–Crippen MR) is 147 cm³/mol. The molecule has 3 rings (SSSR count). The molecule has 3 aromatic rings. The summed E-state index contributed by atoms with van der Waals surface area (Å²) in [5.74, 6) is 3.57. The number of methoxy groups -OCH3 is 2. The fraction of sp³-hybridized carbons (Fsp3) is 0.407. The lowest BCUT2D eigenvalue weighted by Crippen LogP contribution is -2.37. The van der Waals surface area contributed by atoms with Crippen LogP contribution in [0.3, 0.4) is 0 Å². The van der Waals surface area contributed by atoms with Crippen LogP contribution in [0.25, 0.3) is 10.2 Å². The van der Waals surface area contributed by atoms with Crippen LogP contribution in [0.4, 0.5) is 0 Å². The van der Waals surface area contributed by atoms with Gasteiger partial charge in [0.15, 0.2) is 16.3 Å². The quantitative estimate of drug-likeness (QED) is 0.354. The van der Waals surface area contributed by atoms with E-state index in [1.807, 2.05) is 33.8 Å². The van der Waals surface area contributed by atoms with Crippen LogP contribution in [-0.2, 0) is 16.6 Å². The molecule has 0 fully saturated rings. The first-order chi connectivity index (χ1) is 17.5. The van der Waals surface area contributed by atoms with Gasteiger partial charge in [0.1, 0.15) is 0 Å². The summed E-state index contributed by atoms with van der Waals surface area (Å²) in [6.45, 7) is 9.00. The number of amides is 1. The second-order valence-electron chi connectivity index (χ2n) is 9.40. The molecule has 0 aliphatic heterocycles. The molecular formula is C27H33N3O5S2. The van der Waals surface area contributed by atoms with Crippen molar-refractivity contribution in [3.63, 3.8) is 0 Å². The number of fused-ring (bicyclic) bond motifs is 1. The van der Waals surface area contributed by atoms with Crippen molar-refractivity contribution in [3.05, 3.63) is 46.8 Å². The molecule has 8 nitrogen and oxygen atoms in total. The van der Waals surface area contributed by atoms with Crippen LogP contribution in [0.15, 0.2) is 46.3 Å². The van der Waals surface area contributed by atoms with E-state index in [1.54, 1.807) is 24.9 Å². The molecule has 2 aromatic carbocycles. The number of carbonyl (C=O) groups excluding carboxylic acids is 1. The van der Waals surface area contributed by atoms with Gasteiger partial charge >= 0.3 is 0 Å². The molecule has 37 heavy (non-hydrogen) atoms. The number of benzene rings is 2. The van der Waals surface area contributed by atoms with Gasteiger partial charge in [-0.1, -0.05) is 45.0 Å². The molecule has 0 spiro atoms. The van der Waals surface area contributed by atoms with Gasteiger partial charge < -0.3 is 14.0 Å². The zero-order valence-corrected chi connectivity index (χ0v) is 23.6. The minimum Gasteiger partial charge on any atom is -0.493 e. The number of hydrogen-bond donors (Lipinski definition) is 0. The van der Waals surface area contributed by atoms with Crippen LogP contribution in [-0.4, -0.2) is 50.5 Å². The fourth-order valence-corrected chi connectivity index (χ4v) is 6.69. The lowest BCUT2D eigenvalue weighted by Gasteiger charge is -2.25. The second kappa shape index (κ2) is 11.9. The monoisotopic (exact) mass is 543 g/mol. The third-order valence-electron chi connectivity index (χ3n) is 5.51. The highest BCUT2D eigenvalue weighted by atomic mass is 32.2. The van der Waals surface area contributed by atoms with Crippen molar-refractivity contribution in [2.24, 2.45) is 16.8 Å². The van der Waals surface area contributed by atoms with Gasteiger partial charge in [-0.2, -0.15) is 9.30 Å². The highest BCUT2D eigenvalue weighted by molar-refractivity contribution is 7.89. The molecule has 0 aliphatic carbocycles. The molecule has 1 amide bonds. The highest BCUT2D eigenvalue weighted by Gasteiger charge is 2.26. The van der Waals surface area contributed by atoms with Crippen LogP contribution in [0.1, 0.15) is 38.1 Å². The number of aromatic nitrogens is 1. The van der Waals surface area contributed by atoms with Gasteiger partial charge in [0.2, 0.25) is 10.0 Å². The molecule has 0 unspecified atom stereocenters. The van der Waals surface area contributed by atoms with Crippen LogP contribution < -0.4 is 14.3 Å². The van der Waals surface area contributed by atoms with Gasteiger partial charge in [-0.25, -0.2) is 8.42 Å². The number of carbonyl (C=O) groups is 1. The molecule has 0 atom stereocenters. The van der Waals surface area contributed by atoms with Crippen molar-refractivity contribution in [2.75, 3.05) is 27.3 Å². The van der Waals surface area contributed by atoms with Crippen molar-refractivity contribution in [1.29, 1.82) is 0 Å². The third-order valence-corrected chi connectivity index (χ3v) is 8.40. The number of terminal acetylenes is 1. The summed E-state index contributed by atoms with van der Waals surface area (Å²) < 4.78 is 41.4. The van der Waals surface area contributed by atoms with Crippen LogP contribution in [0, 0.1) is 24.2 Å². The zero-order chi connectivity index (χ0) is 27.3. The topological polar surface area (TPSA) is 90.2 Å². The van der Waals surface area contributed by atoms with E-state index in [9.17, 15) is 13.2 Å². The van der Waals surface area contributed by atoms with E-state index >= 15 is 0 Å². The van der Waals surface area contributed by atoms with E-state index in [0.29, 0.717) is 29.4 Å². The molecule has 0 N–H and O–H groups in total. The Balaban J connectivity index is 1.99. The Morgan fingerprint density at radius 1 is 1.05 bits per heavy atom. The molecule has 10 heteroatoms. The van der Waals surface area contributed by atoms with Gasteiger partial charge in [0.05, 0.1) is 35.9 Å². The summed E-state index contributed by atoms with van der Waals surface area (Å²) in [6, 6.07) is 9.52. The summed E-state index contributed by atoms with van der Waals surface area (Å²) in [4.78, 5) is 17.9. The van der Waals surface area contributed by atoms with Crippen molar-refractivity contribution in [2.45, 2.75) is 39.1 Å². The average Bonchev–Trinajstić information content (AvgIpc) is 3.18. The minimum atomic E-state index is -3.69. The number of ether oxygens (including phenoxy) is 2. The summed E-state index contributed by atoms with van der Waals surface area (Å²) in [7, 11) is -0.595. The first kappa shape index (κ1) is 28.4. The van der Waals surface area contributed by atoms with Crippen molar-refractivity contribution < 1.29 is 22.7 Å². The number of rotatable bonds is 10. The van der Waals surface area contributed by atoms with Crippen LogP contribution >= 0.6 is 11.3 Å². The van der Waals surface area contributed by atoms with E-state index in [4.69, 9.17) is 15.9 Å². The smallest absolute Gasteiger partial charge is 0.279 e. The normalized spacial score (nSPS) is 12.5. The zero-order valence-electron chi connectivity index (χ0n) is 22.0. The van der Waals surface area contributed by atoms with Gasteiger partial charge in [0.25, 0.3) is 5.91 Å². The lowest BCUT2D eigenvalue weighted by atomic mass is 10.2. The Kier molecular flexibility index (Phi) is 9.18. The number of sulfonamides is 1. The molecule has 0 saturated heterocycles. The number of thiazole rings is 1. The molecule has 198 valence electrons. The molecule has 0 aliphatic rings. The third kappa shape index (κ3) is 6.42. The molecule has 0 radical (unpaired) electrons. The molecule has 1 heterocycles. The van der Waals surface area contributed by atoms with Crippen molar-refractivity contribution in [3.8, 4) is 23.8 Å². The van der Waals surface area contributed by atoms with Gasteiger partial charge in [0, 0.05) is 30.8 Å². The number of nitrogens with zero attached hydrogens (tertiary/aromatic N) is 3. The molecular weight excluding hydrogens is 510 g/mol. The SMILES string of the molecule is C#CCn1c(=NC(=O)c2ccc(S(=O)(=O)N(CC(C)C)CC(C)C)cc2)sc2cc(OC)c(OC)cc21. The van der Waals surface area contributed by atoms with Crippen molar-refractivity contribution >= 4 is 37.5 Å². The van der Waals surface area contributed by atoms with Gasteiger partial charge in [-0.15, -0.1) is 6.42 Å². The van der Waals surface area contributed by atoms with E-state index in [0.717, 1.165) is 10.2 Å². The van der Waals surface area contributed by atoms with Crippen molar-refractivity contribution in [1.82, 2.24) is 8.87 Å². The Morgan fingerprint density at radius 2 is 1.62 bits per heavy atom. The lowest BCUT2D eigenvalue weighted by molar-refractivity contribution is 0.0998. The second-order valence-corrected chi connectivity index (χ2v) is 12.3. The molecule has 0 saturated carbocycles. The van der Waals surface area contributed by atoms with E-state index in [2.05, 4.69) is 10.9 Å². The van der Waals surface area contributed by atoms with Crippen LogP contribution in [0.2, 0.25) is 0 Å². The molecule has 0 bridgehead atoms. The predicted octanol–water partition coefficient (Wildman–Crippen LogP) is 4.40. The van der Waals surface area contributed by atoms with E-state index < -0.39 is 15.9 Å². The van der Waals surface area contributed by atoms with E-state index in [-0.39, 0.29) is 28.8 Å². The van der Waals surface area contributed by atoms with Gasteiger partial charge in [-0.3, -0.25) is 4.79 Å². The first-order valence-corrected chi connectivity index (χ1v) is 14.2. The maximum atomic E-state index is 13.3. The fourth-order valence-electron chi connectivity index (χ4n) is 3.88. The maximum absolute atomic E-state index is 13.3. The van der Waals surface area contributed by atoms with Crippen LogP contribution in [0.5, 0.6) is 11.5 Å². The standard InChI is InChI=1S/C27H33N3O5S2/c1-8-13-30-22-14-23(34-6)24(35-7)15-25(22)36-27(30)28-26(31)20-9-11-21(12-10-20)37(32,33)29(16-18(2)3)17-19(4)5/h1,9-12,14-15,18-19H,13,16-17H2,2-7H3. The Morgan fingerprint density at radius 3 is 2.14 bits per heavy atom. The summed E-state index contributed by atoms with van der Waals surface area (Å²) >= 11 is 1.30. The molecule has 1 aromatic heterocycles. The minimum absolute atomic E-state index is 0.147. The van der Waals surface area contributed by atoms with Gasteiger partial charge in [-0.05, 0) is 36.1 Å². The Hall–Kier alpha value is -3.13. The summed E-state index contributed by atoms with van der Waals surface area (Å²) in [5.41, 5.74) is 1.04. The highest BCUT2D eigenvalue weighted by Crippen LogP contribution is 2.33. The largest absolute Gasteiger partial charge is 0.493 e. The first-order valence-electron chi connectivity index (χ1n) is 11.9. The Bertz CT molecular complexity index is 1470.